The van der Waals surface area contributed by atoms with Crippen molar-refractivity contribution in [3.05, 3.63) is 48.0 Å². The van der Waals surface area contributed by atoms with E-state index in [1.165, 1.54) is 32.1 Å². The van der Waals surface area contributed by atoms with Crippen LogP contribution in [0.4, 0.5) is 5.69 Å². The van der Waals surface area contributed by atoms with Crippen molar-refractivity contribution in [2.24, 2.45) is 0 Å². The van der Waals surface area contributed by atoms with Crippen molar-refractivity contribution < 1.29 is 9.53 Å². The van der Waals surface area contributed by atoms with E-state index in [4.69, 9.17) is 4.74 Å². The average molecular weight is 380 g/mol. The highest BCUT2D eigenvalue weighted by molar-refractivity contribution is 5.95. The quantitative estimate of drug-likeness (QED) is 0.796. The van der Waals surface area contributed by atoms with E-state index in [-0.39, 0.29) is 5.91 Å². The van der Waals surface area contributed by atoms with Crippen LogP contribution >= 0.6 is 0 Å². The maximum absolute atomic E-state index is 12.7. The third-order valence-electron chi connectivity index (χ3n) is 5.77. The molecule has 1 aromatic carbocycles. The second-order valence-corrected chi connectivity index (χ2v) is 7.74. The number of hydrogen-bond acceptors (Lipinski definition) is 5. The van der Waals surface area contributed by atoms with Crippen LogP contribution in [0.15, 0.2) is 36.7 Å². The number of rotatable bonds is 5. The maximum Gasteiger partial charge on any atom is 0.241 e. The lowest BCUT2D eigenvalue weighted by atomic mass is 9.89. The van der Waals surface area contributed by atoms with E-state index in [1.54, 1.807) is 7.11 Å². The third-order valence-corrected chi connectivity index (χ3v) is 5.77. The number of methoxy groups -OCH3 is 1. The lowest BCUT2D eigenvalue weighted by Crippen LogP contribution is -2.50. The van der Waals surface area contributed by atoms with Gasteiger partial charge in [-0.1, -0.05) is 25.3 Å². The summed E-state index contributed by atoms with van der Waals surface area (Å²) in [6, 6.07) is 7.67. The largest absolute Gasteiger partial charge is 0.497 e. The van der Waals surface area contributed by atoms with Crippen molar-refractivity contribution in [3.63, 3.8) is 0 Å². The smallest absolute Gasteiger partial charge is 0.241 e. The number of carbonyl (C=O) groups is 1. The minimum absolute atomic E-state index is 0.110. The molecule has 4 rings (SSSR count). The number of anilines is 1. The molecule has 1 saturated heterocycles. The van der Waals surface area contributed by atoms with Gasteiger partial charge in [0.25, 0.3) is 0 Å². The SMILES string of the molecule is COc1cccc(N2CCN(Cc3cnc(C4CCCCC4)nc3)CC2=O)c1. The Bertz CT molecular complexity index is 802. The molecule has 0 N–H and O–H groups in total. The highest BCUT2D eigenvalue weighted by atomic mass is 16.5. The van der Waals surface area contributed by atoms with Crippen LogP contribution in [0.25, 0.3) is 0 Å². The van der Waals surface area contributed by atoms with Gasteiger partial charge in [-0.2, -0.15) is 0 Å². The van der Waals surface area contributed by atoms with E-state index in [1.807, 2.05) is 41.6 Å². The molecule has 6 nitrogen and oxygen atoms in total. The van der Waals surface area contributed by atoms with Gasteiger partial charge in [0.1, 0.15) is 11.6 Å². The lowest BCUT2D eigenvalue weighted by Gasteiger charge is -2.34. The Morgan fingerprint density at radius 1 is 1.11 bits per heavy atom. The van der Waals surface area contributed by atoms with Crippen molar-refractivity contribution in [1.29, 1.82) is 0 Å². The van der Waals surface area contributed by atoms with Gasteiger partial charge in [0.15, 0.2) is 0 Å². The van der Waals surface area contributed by atoms with E-state index < -0.39 is 0 Å². The molecule has 1 amide bonds. The van der Waals surface area contributed by atoms with Gasteiger partial charge in [0.2, 0.25) is 5.91 Å². The van der Waals surface area contributed by atoms with Gasteiger partial charge >= 0.3 is 0 Å². The fraction of sp³-hybridized carbons (Fsp3) is 0.500. The van der Waals surface area contributed by atoms with E-state index in [2.05, 4.69) is 14.9 Å². The molecule has 2 heterocycles. The summed E-state index contributed by atoms with van der Waals surface area (Å²) in [5.74, 6) is 2.39. The number of benzene rings is 1. The van der Waals surface area contributed by atoms with Gasteiger partial charge in [-0.25, -0.2) is 9.97 Å². The van der Waals surface area contributed by atoms with Crippen molar-refractivity contribution in [2.75, 3.05) is 31.6 Å². The van der Waals surface area contributed by atoms with Gasteiger partial charge in [-0.15, -0.1) is 0 Å². The van der Waals surface area contributed by atoms with Crippen LogP contribution in [0.5, 0.6) is 5.75 Å². The Hall–Kier alpha value is -2.47. The highest BCUT2D eigenvalue weighted by Crippen LogP contribution is 2.30. The molecular formula is C22H28N4O2. The second kappa shape index (κ2) is 8.69. The summed E-state index contributed by atoms with van der Waals surface area (Å²) in [6.45, 7) is 2.62. The molecule has 148 valence electrons. The standard InChI is InChI=1S/C22H28N4O2/c1-28-20-9-5-8-19(12-20)26-11-10-25(16-21(26)27)15-17-13-23-22(24-14-17)18-6-3-2-4-7-18/h5,8-9,12-14,18H,2-4,6-7,10-11,15-16H2,1H3. The Morgan fingerprint density at radius 3 is 2.61 bits per heavy atom. The van der Waals surface area contributed by atoms with Crippen molar-refractivity contribution >= 4 is 11.6 Å². The number of carbonyl (C=O) groups excluding carboxylic acids is 1. The summed E-state index contributed by atoms with van der Waals surface area (Å²) in [7, 11) is 1.64. The Kier molecular flexibility index (Phi) is 5.86. The molecule has 1 aliphatic carbocycles. The van der Waals surface area contributed by atoms with Crippen molar-refractivity contribution in [2.45, 2.75) is 44.6 Å². The number of ether oxygens (including phenoxy) is 1. The van der Waals surface area contributed by atoms with Crippen molar-refractivity contribution in [1.82, 2.24) is 14.9 Å². The summed E-state index contributed by atoms with van der Waals surface area (Å²) < 4.78 is 5.27. The molecular weight excluding hydrogens is 352 g/mol. The summed E-state index contributed by atoms with van der Waals surface area (Å²) in [4.78, 5) is 25.9. The Balaban J connectivity index is 1.35. The minimum atomic E-state index is 0.110. The summed E-state index contributed by atoms with van der Waals surface area (Å²) in [5.41, 5.74) is 1.96. The second-order valence-electron chi connectivity index (χ2n) is 7.74. The first-order valence-electron chi connectivity index (χ1n) is 10.2. The first-order chi connectivity index (χ1) is 13.7. The van der Waals surface area contributed by atoms with Crippen molar-refractivity contribution in [3.8, 4) is 5.75 Å². The predicted octanol–water partition coefficient (Wildman–Crippen LogP) is 3.38. The van der Waals surface area contributed by atoms with Crippen LogP contribution in [-0.2, 0) is 11.3 Å². The molecule has 6 heteroatoms. The molecule has 2 aliphatic rings. The Morgan fingerprint density at radius 2 is 1.89 bits per heavy atom. The van der Waals surface area contributed by atoms with Gasteiger partial charge in [-0.05, 0) is 25.0 Å². The summed E-state index contributed by atoms with van der Waals surface area (Å²) in [6.07, 6.45) is 10.2. The van der Waals surface area contributed by atoms with Crippen LogP contribution < -0.4 is 9.64 Å². The normalized spacial score (nSPS) is 19.0. The molecule has 1 saturated carbocycles. The number of nitrogens with zero attached hydrogens (tertiary/aromatic N) is 4. The first kappa shape index (κ1) is 18.9. The molecule has 28 heavy (non-hydrogen) atoms. The van der Waals surface area contributed by atoms with Crippen LogP contribution in [0.3, 0.4) is 0 Å². The molecule has 0 unspecified atom stereocenters. The molecule has 0 atom stereocenters. The molecule has 0 radical (unpaired) electrons. The lowest BCUT2D eigenvalue weighted by molar-refractivity contribution is -0.121. The monoisotopic (exact) mass is 380 g/mol. The third kappa shape index (κ3) is 4.33. The van der Waals surface area contributed by atoms with Gasteiger partial charge in [-0.3, -0.25) is 9.69 Å². The predicted molar refractivity (Wildman–Crippen MR) is 108 cm³/mol. The topological polar surface area (TPSA) is 58.6 Å². The average Bonchev–Trinajstić information content (AvgIpc) is 2.75. The van der Waals surface area contributed by atoms with Crippen LogP contribution in [0.1, 0.15) is 49.4 Å². The van der Waals surface area contributed by atoms with Crippen LogP contribution in [-0.4, -0.2) is 47.5 Å². The van der Waals surface area contributed by atoms with Gasteiger partial charge in [0.05, 0.1) is 13.7 Å². The number of amides is 1. The number of hydrogen-bond donors (Lipinski definition) is 0. The zero-order valence-corrected chi connectivity index (χ0v) is 16.5. The van der Waals surface area contributed by atoms with Crippen LogP contribution in [0.2, 0.25) is 0 Å². The number of piperazine rings is 1. The summed E-state index contributed by atoms with van der Waals surface area (Å²) in [5, 5.41) is 0. The highest BCUT2D eigenvalue weighted by Gasteiger charge is 2.25. The van der Waals surface area contributed by atoms with Gasteiger partial charge in [0, 0.05) is 55.3 Å². The fourth-order valence-electron chi connectivity index (χ4n) is 4.18. The van der Waals surface area contributed by atoms with E-state index in [9.17, 15) is 4.79 Å². The molecule has 0 spiro atoms. The summed E-state index contributed by atoms with van der Waals surface area (Å²) >= 11 is 0. The molecule has 0 bridgehead atoms. The number of aromatic nitrogens is 2. The van der Waals surface area contributed by atoms with Gasteiger partial charge < -0.3 is 9.64 Å². The zero-order chi connectivity index (χ0) is 19.3. The van der Waals surface area contributed by atoms with E-state index in [0.717, 1.165) is 29.4 Å². The molecule has 1 aliphatic heterocycles. The molecule has 2 aromatic rings. The fourth-order valence-corrected chi connectivity index (χ4v) is 4.18. The minimum Gasteiger partial charge on any atom is -0.497 e. The molecule has 2 fully saturated rings. The van der Waals surface area contributed by atoms with Crippen LogP contribution in [0, 0.1) is 0 Å². The first-order valence-corrected chi connectivity index (χ1v) is 10.2. The van der Waals surface area contributed by atoms with E-state index >= 15 is 0 Å². The zero-order valence-electron chi connectivity index (χ0n) is 16.5. The maximum atomic E-state index is 12.7. The Labute approximate surface area is 166 Å². The molecule has 1 aromatic heterocycles. The van der Waals surface area contributed by atoms with E-state index in [0.29, 0.717) is 25.6 Å².